The average Bonchev–Trinajstić information content (AvgIpc) is 2.75. The number of benzene rings is 1. The van der Waals surface area contributed by atoms with Crippen LogP contribution in [0.25, 0.3) is 0 Å². The SMILES string of the molecule is CC1OCCC1CNC1CC(c2ccccc2Br)C1. The molecule has 3 heteroatoms. The summed E-state index contributed by atoms with van der Waals surface area (Å²) in [5, 5.41) is 3.72. The van der Waals surface area contributed by atoms with Crippen molar-refractivity contribution >= 4 is 15.9 Å². The number of hydrogen-bond acceptors (Lipinski definition) is 2. The maximum Gasteiger partial charge on any atom is 0.0588 e. The molecule has 2 fully saturated rings. The van der Waals surface area contributed by atoms with Crippen LogP contribution in [-0.4, -0.2) is 25.3 Å². The molecule has 1 aliphatic carbocycles. The van der Waals surface area contributed by atoms with Gasteiger partial charge in [-0.05, 0) is 49.7 Å². The van der Waals surface area contributed by atoms with E-state index in [1.165, 1.54) is 29.3 Å². The molecule has 1 saturated heterocycles. The normalized spacial score (nSPS) is 34.2. The largest absolute Gasteiger partial charge is 0.378 e. The first-order valence-corrected chi connectivity index (χ1v) is 8.12. The molecule has 1 aromatic carbocycles. The quantitative estimate of drug-likeness (QED) is 0.912. The molecule has 2 atom stereocenters. The smallest absolute Gasteiger partial charge is 0.0588 e. The molecule has 1 saturated carbocycles. The molecule has 19 heavy (non-hydrogen) atoms. The maximum absolute atomic E-state index is 5.61. The third-order valence-corrected chi connectivity index (χ3v) is 5.41. The highest BCUT2D eigenvalue weighted by molar-refractivity contribution is 9.10. The van der Waals surface area contributed by atoms with Crippen LogP contribution in [0.5, 0.6) is 0 Å². The van der Waals surface area contributed by atoms with Crippen molar-refractivity contribution in [2.75, 3.05) is 13.2 Å². The first-order valence-electron chi connectivity index (χ1n) is 7.33. The van der Waals surface area contributed by atoms with Crippen LogP contribution < -0.4 is 5.32 Å². The van der Waals surface area contributed by atoms with Gasteiger partial charge >= 0.3 is 0 Å². The van der Waals surface area contributed by atoms with Gasteiger partial charge in [0.05, 0.1) is 6.10 Å². The lowest BCUT2D eigenvalue weighted by Crippen LogP contribution is -2.43. The summed E-state index contributed by atoms with van der Waals surface area (Å²) in [6.07, 6.45) is 4.19. The highest BCUT2D eigenvalue weighted by Gasteiger charge is 2.32. The van der Waals surface area contributed by atoms with Crippen molar-refractivity contribution in [3.63, 3.8) is 0 Å². The number of nitrogens with one attached hydrogen (secondary N) is 1. The van der Waals surface area contributed by atoms with Gasteiger partial charge in [-0.1, -0.05) is 34.1 Å². The van der Waals surface area contributed by atoms with E-state index >= 15 is 0 Å². The zero-order valence-corrected chi connectivity index (χ0v) is 13.0. The molecule has 1 aliphatic heterocycles. The third-order valence-electron chi connectivity index (χ3n) is 4.69. The standard InChI is InChI=1S/C16H22BrNO/c1-11-12(6-7-19-11)10-18-14-8-13(9-14)15-4-2-3-5-16(15)17/h2-5,11-14,18H,6-10H2,1H3. The minimum absolute atomic E-state index is 0.437. The second kappa shape index (κ2) is 5.94. The van der Waals surface area contributed by atoms with Crippen LogP contribution in [0, 0.1) is 5.92 Å². The van der Waals surface area contributed by atoms with E-state index in [-0.39, 0.29) is 0 Å². The number of ether oxygens (including phenoxy) is 1. The van der Waals surface area contributed by atoms with Gasteiger partial charge in [0, 0.05) is 23.7 Å². The highest BCUT2D eigenvalue weighted by atomic mass is 79.9. The van der Waals surface area contributed by atoms with Crippen LogP contribution in [0.15, 0.2) is 28.7 Å². The monoisotopic (exact) mass is 323 g/mol. The van der Waals surface area contributed by atoms with E-state index in [1.54, 1.807) is 0 Å². The Hall–Kier alpha value is -0.380. The van der Waals surface area contributed by atoms with Crippen molar-refractivity contribution < 1.29 is 4.74 Å². The Morgan fingerprint density at radius 3 is 2.79 bits per heavy atom. The molecule has 3 rings (SSSR count). The number of hydrogen-bond donors (Lipinski definition) is 1. The van der Waals surface area contributed by atoms with Gasteiger partial charge in [-0.2, -0.15) is 0 Å². The van der Waals surface area contributed by atoms with Gasteiger partial charge in [0.1, 0.15) is 0 Å². The van der Waals surface area contributed by atoms with Gasteiger partial charge in [-0.25, -0.2) is 0 Å². The van der Waals surface area contributed by atoms with Crippen molar-refractivity contribution in [2.24, 2.45) is 5.92 Å². The molecule has 0 bridgehead atoms. The lowest BCUT2D eigenvalue weighted by molar-refractivity contribution is 0.103. The fourth-order valence-corrected chi connectivity index (χ4v) is 3.82. The molecule has 104 valence electrons. The zero-order valence-electron chi connectivity index (χ0n) is 11.4. The molecule has 0 radical (unpaired) electrons. The van der Waals surface area contributed by atoms with Crippen molar-refractivity contribution in [1.29, 1.82) is 0 Å². The van der Waals surface area contributed by atoms with Crippen LogP contribution in [0.1, 0.15) is 37.7 Å². The molecule has 0 aromatic heterocycles. The Morgan fingerprint density at radius 2 is 2.11 bits per heavy atom. The molecule has 1 heterocycles. The van der Waals surface area contributed by atoms with Gasteiger partial charge in [0.2, 0.25) is 0 Å². The summed E-state index contributed by atoms with van der Waals surface area (Å²) in [4.78, 5) is 0. The van der Waals surface area contributed by atoms with Gasteiger partial charge in [0.25, 0.3) is 0 Å². The topological polar surface area (TPSA) is 21.3 Å². The van der Waals surface area contributed by atoms with Crippen molar-refractivity contribution in [1.82, 2.24) is 5.32 Å². The molecule has 0 spiro atoms. The van der Waals surface area contributed by atoms with E-state index in [0.717, 1.165) is 19.1 Å². The van der Waals surface area contributed by atoms with Crippen LogP contribution in [-0.2, 0) is 4.74 Å². The number of halogens is 1. The fraction of sp³-hybridized carbons (Fsp3) is 0.625. The van der Waals surface area contributed by atoms with Crippen molar-refractivity contribution in [3.05, 3.63) is 34.3 Å². The molecule has 2 aliphatic rings. The van der Waals surface area contributed by atoms with E-state index in [9.17, 15) is 0 Å². The lowest BCUT2D eigenvalue weighted by Gasteiger charge is -2.37. The zero-order chi connectivity index (χ0) is 13.2. The summed E-state index contributed by atoms with van der Waals surface area (Å²) in [6.45, 7) is 4.26. The summed E-state index contributed by atoms with van der Waals surface area (Å²) in [5.41, 5.74) is 1.47. The Bertz CT molecular complexity index is 431. The van der Waals surface area contributed by atoms with E-state index < -0.39 is 0 Å². The molecule has 2 unspecified atom stereocenters. The first-order chi connectivity index (χ1) is 9.24. The second-order valence-electron chi connectivity index (χ2n) is 5.92. The van der Waals surface area contributed by atoms with E-state index in [2.05, 4.69) is 52.4 Å². The molecular weight excluding hydrogens is 302 g/mol. The molecule has 1 N–H and O–H groups in total. The summed E-state index contributed by atoms with van der Waals surface area (Å²) >= 11 is 3.66. The summed E-state index contributed by atoms with van der Waals surface area (Å²) < 4.78 is 6.87. The van der Waals surface area contributed by atoms with Crippen LogP contribution in [0.3, 0.4) is 0 Å². The molecule has 2 nitrogen and oxygen atoms in total. The summed E-state index contributed by atoms with van der Waals surface area (Å²) in [6, 6.07) is 9.32. The molecular formula is C16H22BrNO. The van der Waals surface area contributed by atoms with Crippen molar-refractivity contribution in [2.45, 2.75) is 44.2 Å². The van der Waals surface area contributed by atoms with Gasteiger partial charge in [-0.3, -0.25) is 0 Å². The average molecular weight is 324 g/mol. The number of rotatable bonds is 4. The first kappa shape index (κ1) is 13.6. The summed E-state index contributed by atoms with van der Waals surface area (Å²) in [7, 11) is 0. The maximum atomic E-state index is 5.61. The van der Waals surface area contributed by atoms with Gasteiger partial charge in [-0.15, -0.1) is 0 Å². The predicted molar refractivity (Wildman–Crippen MR) is 81.4 cm³/mol. The summed E-state index contributed by atoms with van der Waals surface area (Å²) in [5.74, 6) is 1.44. The predicted octanol–water partition coefficient (Wildman–Crippen LogP) is 3.71. The van der Waals surface area contributed by atoms with Crippen LogP contribution in [0.2, 0.25) is 0 Å². The van der Waals surface area contributed by atoms with Crippen molar-refractivity contribution in [3.8, 4) is 0 Å². The van der Waals surface area contributed by atoms with Gasteiger partial charge < -0.3 is 10.1 Å². The fourth-order valence-electron chi connectivity index (χ4n) is 3.21. The minimum atomic E-state index is 0.437. The minimum Gasteiger partial charge on any atom is -0.378 e. The Balaban J connectivity index is 1.44. The highest BCUT2D eigenvalue weighted by Crippen LogP contribution is 2.40. The Morgan fingerprint density at radius 1 is 1.32 bits per heavy atom. The van der Waals surface area contributed by atoms with E-state index in [0.29, 0.717) is 18.1 Å². The van der Waals surface area contributed by atoms with E-state index in [1.807, 2.05) is 0 Å². The van der Waals surface area contributed by atoms with Crippen LogP contribution in [0.4, 0.5) is 0 Å². The van der Waals surface area contributed by atoms with Gasteiger partial charge in [0.15, 0.2) is 0 Å². The Labute approximate surface area is 124 Å². The second-order valence-corrected chi connectivity index (χ2v) is 6.77. The molecule has 0 amide bonds. The third kappa shape index (κ3) is 3.04. The van der Waals surface area contributed by atoms with Crippen LogP contribution >= 0.6 is 15.9 Å². The van der Waals surface area contributed by atoms with E-state index in [4.69, 9.17) is 4.74 Å². The molecule has 1 aromatic rings. The lowest BCUT2D eigenvalue weighted by atomic mass is 9.75. The Kier molecular flexibility index (Phi) is 4.25.